The van der Waals surface area contributed by atoms with Gasteiger partial charge in [0, 0.05) is 42.7 Å². The molecule has 0 aliphatic rings. The number of nitrogens with zero attached hydrogens (tertiary/aromatic N) is 3. The Morgan fingerprint density at radius 3 is 2.67 bits per heavy atom. The van der Waals surface area contributed by atoms with E-state index in [2.05, 4.69) is 32.4 Å². The number of pyridine rings is 3. The number of methoxy groups -OCH3 is 1. The van der Waals surface area contributed by atoms with Gasteiger partial charge in [-0.3, -0.25) is 14.8 Å². The zero-order chi connectivity index (χ0) is 23.5. The Morgan fingerprint density at radius 2 is 1.91 bits per heavy atom. The van der Waals surface area contributed by atoms with Crippen LogP contribution in [-0.2, 0) is 11.3 Å². The van der Waals surface area contributed by atoms with Gasteiger partial charge < -0.3 is 15.8 Å². The van der Waals surface area contributed by atoms with Gasteiger partial charge in [-0.05, 0) is 79.4 Å². The maximum absolute atomic E-state index is 12.9. The lowest BCUT2D eigenvalue weighted by atomic mass is 10.0. The summed E-state index contributed by atoms with van der Waals surface area (Å²) < 4.78 is 5.77. The molecule has 7 nitrogen and oxygen atoms in total. The van der Waals surface area contributed by atoms with Crippen molar-refractivity contribution in [1.29, 1.82) is 0 Å². The van der Waals surface area contributed by atoms with Crippen LogP contribution < -0.4 is 11.1 Å². The molecule has 3 N–H and O–H groups in total. The molecule has 4 rings (SSSR count). The Kier molecular flexibility index (Phi) is 6.33. The van der Waals surface area contributed by atoms with Gasteiger partial charge in [0.1, 0.15) is 11.9 Å². The summed E-state index contributed by atoms with van der Waals surface area (Å²) in [6.07, 6.45) is 3.07. The molecule has 33 heavy (non-hydrogen) atoms. The third-order valence-corrected chi connectivity index (χ3v) is 5.69. The minimum atomic E-state index is -0.409. The number of nitrogens with two attached hydrogens (primary N) is 1. The van der Waals surface area contributed by atoms with Gasteiger partial charge in [0.25, 0.3) is 5.91 Å². The summed E-state index contributed by atoms with van der Waals surface area (Å²) in [5, 5.41) is 4.01. The van der Waals surface area contributed by atoms with Crippen LogP contribution in [0.2, 0.25) is 0 Å². The van der Waals surface area contributed by atoms with Crippen LogP contribution in [0.4, 0.5) is 5.82 Å². The normalized spacial score (nSPS) is 12.0. The predicted octanol–water partition coefficient (Wildman–Crippen LogP) is 4.20. The molecular formula is C26H27N5O2. The lowest BCUT2D eigenvalue weighted by Crippen LogP contribution is -2.24. The molecule has 0 saturated carbocycles. The van der Waals surface area contributed by atoms with Crippen LogP contribution in [0.25, 0.3) is 10.9 Å². The Bertz CT molecular complexity index is 1310. The predicted molar refractivity (Wildman–Crippen MR) is 129 cm³/mol. The number of fused-ring (bicyclic) bond motifs is 1. The number of benzene rings is 1. The SMILES string of the molecule is COC(c1ccc2ncc(C)cc2c1)c1cc(C(=O)NCc2c(C)cc(N)nc2C)ccn1. The fourth-order valence-corrected chi connectivity index (χ4v) is 4.01. The van der Waals surface area contributed by atoms with E-state index in [4.69, 9.17) is 10.5 Å². The van der Waals surface area contributed by atoms with Gasteiger partial charge >= 0.3 is 0 Å². The summed E-state index contributed by atoms with van der Waals surface area (Å²) in [7, 11) is 1.64. The minimum Gasteiger partial charge on any atom is -0.384 e. The summed E-state index contributed by atoms with van der Waals surface area (Å²) in [5.41, 5.74) is 12.7. The van der Waals surface area contributed by atoms with Crippen molar-refractivity contribution < 1.29 is 9.53 Å². The number of rotatable bonds is 6. The number of hydrogen-bond donors (Lipinski definition) is 2. The van der Waals surface area contributed by atoms with E-state index < -0.39 is 6.10 Å². The van der Waals surface area contributed by atoms with Crippen LogP contribution in [0.15, 0.2) is 54.9 Å². The highest BCUT2D eigenvalue weighted by Gasteiger charge is 2.18. The summed E-state index contributed by atoms with van der Waals surface area (Å²) >= 11 is 0. The molecular weight excluding hydrogens is 414 g/mol. The van der Waals surface area contributed by atoms with E-state index in [1.165, 1.54) is 0 Å². The molecule has 0 radical (unpaired) electrons. The number of nitrogens with one attached hydrogen (secondary N) is 1. The summed E-state index contributed by atoms with van der Waals surface area (Å²) in [4.78, 5) is 26.1. The second kappa shape index (κ2) is 9.34. The topological polar surface area (TPSA) is 103 Å². The number of carbonyl (C=O) groups is 1. The number of carbonyl (C=O) groups excluding carboxylic acids is 1. The quantitative estimate of drug-likeness (QED) is 0.465. The first kappa shape index (κ1) is 22.4. The first-order valence-electron chi connectivity index (χ1n) is 10.7. The molecule has 0 aliphatic carbocycles. The van der Waals surface area contributed by atoms with Gasteiger partial charge in [0.15, 0.2) is 0 Å². The summed E-state index contributed by atoms with van der Waals surface area (Å²) in [5.74, 6) is 0.284. The maximum Gasteiger partial charge on any atom is 0.251 e. The molecule has 7 heteroatoms. The van der Waals surface area contributed by atoms with Crippen molar-refractivity contribution in [2.75, 3.05) is 12.8 Å². The van der Waals surface area contributed by atoms with Gasteiger partial charge in [-0.2, -0.15) is 0 Å². The molecule has 1 atom stereocenters. The van der Waals surface area contributed by atoms with Crippen molar-refractivity contribution in [1.82, 2.24) is 20.3 Å². The number of amides is 1. The van der Waals surface area contributed by atoms with Crippen molar-refractivity contribution in [2.24, 2.45) is 0 Å². The number of nitrogen functional groups attached to an aromatic ring is 1. The van der Waals surface area contributed by atoms with Gasteiger partial charge in [-0.15, -0.1) is 0 Å². The van der Waals surface area contributed by atoms with E-state index in [0.717, 1.165) is 38.9 Å². The number of anilines is 1. The third-order valence-electron chi connectivity index (χ3n) is 5.69. The second-order valence-corrected chi connectivity index (χ2v) is 8.16. The molecule has 0 fully saturated rings. The van der Waals surface area contributed by atoms with Crippen LogP contribution >= 0.6 is 0 Å². The molecule has 4 aromatic rings. The zero-order valence-corrected chi connectivity index (χ0v) is 19.2. The van der Waals surface area contributed by atoms with Crippen LogP contribution in [0, 0.1) is 20.8 Å². The van der Waals surface area contributed by atoms with Crippen molar-refractivity contribution in [3.8, 4) is 0 Å². The smallest absolute Gasteiger partial charge is 0.251 e. The van der Waals surface area contributed by atoms with Crippen molar-refractivity contribution in [3.63, 3.8) is 0 Å². The molecule has 3 heterocycles. The highest BCUT2D eigenvalue weighted by Crippen LogP contribution is 2.27. The van der Waals surface area contributed by atoms with Crippen LogP contribution in [-0.4, -0.2) is 28.0 Å². The largest absolute Gasteiger partial charge is 0.384 e. The standard InChI is InChI=1S/C26H27N5O2/c1-15-9-20-11-18(5-6-22(20)29-13-15)25(33-4)23-12-19(7-8-28-23)26(32)30-14-21-16(2)10-24(27)31-17(21)3/h5-13,25H,14H2,1-4H3,(H2,27,31)(H,30,32). The first-order chi connectivity index (χ1) is 15.9. The molecule has 0 bridgehead atoms. The van der Waals surface area contributed by atoms with Crippen LogP contribution in [0.5, 0.6) is 0 Å². The lowest BCUT2D eigenvalue weighted by molar-refractivity contribution is 0.0949. The van der Waals surface area contributed by atoms with E-state index in [0.29, 0.717) is 23.6 Å². The van der Waals surface area contributed by atoms with E-state index in [-0.39, 0.29) is 5.91 Å². The van der Waals surface area contributed by atoms with Crippen LogP contribution in [0.1, 0.15) is 50.1 Å². The molecule has 0 saturated heterocycles. The molecule has 1 aromatic carbocycles. The molecule has 1 unspecified atom stereocenters. The fraction of sp³-hybridized carbons (Fsp3) is 0.231. The molecule has 3 aromatic heterocycles. The Morgan fingerprint density at radius 1 is 1.09 bits per heavy atom. The van der Waals surface area contributed by atoms with E-state index in [1.807, 2.05) is 45.2 Å². The molecule has 0 spiro atoms. The van der Waals surface area contributed by atoms with E-state index >= 15 is 0 Å². The average molecular weight is 442 g/mol. The van der Waals surface area contributed by atoms with Gasteiger partial charge in [-0.25, -0.2) is 4.98 Å². The third kappa shape index (κ3) is 4.83. The highest BCUT2D eigenvalue weighted by molar-refractivity contribution is 5.94. The average Bonchev–Trinajstić information content (AvgIpc) is 2.78. The highest BCUT2D eigenvalue weighted by atomic mass is 16.5. The Balaban J connectivity index is 1.57. The molecule has 168 valence electrons. The van der Waals surface area contributed by atoms with Crippen molar-refractivity contribution >= 4 is 22.6 Å². The summed E-state index contributed by atoms with van der Waals surface area (Å²) in [6.45, 7) is 6.23. The molecule has 1 amide bonds. The number of aromatic nitrogens is 3. The van der Waals surface area contributed by atoms with Crippen molar-refractivity contribution in [2.45, 2.75) is 33.4 Å². The monoisotopic (exact) mass is 441 g/mol. The van der Waals surface area contributed by atoms with E-state index in [1.54, 1.807) is 25.4 Å². The summed E-state index contributed by atoms with van der Waals surface area (Å²) in [6, 6.07) is 13.4. The second-order valence-electron chi connectivity index (χ2n) is 8.16. The number of ether oxygens (including phenoxy) is 1. The first-order valence-corrected chi connectivity index (χ1v) is 10.7. The van der Waals surface area contributed by atoms with Crippen molar-refractivity contribution in [3.05, 3.63) is 94.1 Å². The number of aryl methyl sites for hydroxylation is 3. The maximum atomic E-state index is 12.9. The van der Waals surface area contributed by atoms with Gasteiger partial charge in [0.2, 0.25) is 0 Å². The fourth-order valence-electron chi connectivity index (χ4n) is 4.01. The Hall–Kier alpha value is -3.84. The lowest BCUT2D eigenvalue weighted by Gasteiger charge is -2.17. The Labute approximate surface area is 193 Å². The zero-order valence-electron chi connectivity index (χ0n) is 19.2. The van der Waals surface area contributed by atoms with Gasteiger partial charge in [0.05, 0.1) is 11.2 Å². The van der Waals surface area contributed by atoms with E-state index in [9.17, 15) is 4.79 Å². The number of hydrogen-bond acceptors (Lipinski definition) is 6. The van der Waals surface area contributed by atoms with Crippen LogP contribution in [0.3, 0.4) is 0 Å². The minimum absolute atomic E-state index is 0.192. The van der Waals surface area contributed by atoms with Gasteiger partial charge in [-0.1, -0.05) is 6.07 Å². The molecule has 0 aliphatic heterocycles.